The fourth-order valence-electron chi connectivity index (χ4n) is 2.51. The van der Waals surface area contributed by atoms with Gasteiger partial charge in [-0.1, -0.05) is 35.0 Å². The number of carbonyl (C=O) groups excluding carboxylic acids is 1. The Hall–Kier alpha value is -2.99. The molecule has 142 valence electrons. The van der Waals surface area contributed by atoms with Gasteiger partial charge in [0.25, 0.3) is 5.91 Å². The van der Waals surface area contributed by atoms with Crippen molar-refractivity contribution in [3.8, 4) is 0 Å². The third-order valence-electron chi connectivity index (χ3n) is 4.13. The minimum absolute atomic E-state index is 0.223. The molecule has 0 saturated heterocycles. The van der Waals surface area contributed by atoms with Gasteiger partial charge in [0.05, 0.1) is 6.54 Å². The van der Waals surface area contributed by atoms with Gasteiger partial charge in [-0.25, -0.2) is 4.99 Å². The lowest BCUT2D eigenvalue weighted by molar-refractivity contribution is 0.0977. The lowest BCUT2D eigenvalue weighted by Gasteiger charge is -2.12. The fraction of sp³-hybridized carbons (Fsp3) is 0.136. The van der Waals surface area contributed by atoms with Crippen molar-refractivity contribution in [2.75, 3.05) is 5.32 Å². The van der Waals surface area contributed by atoms with E-state index in [2.05, 4.69) is 55.6 Å². The topological polar surface area (TPSA) is 66.4 Å². The molecular weight excluding hydrogens is 416 g/mol. The number of aromatic nitrogens is 1. The Kier molecular flexibility index (Phi) is 6.92. The number of rotatable bonds is 5. The Morgan fingerprint density at radius 2 is 1.64 bits per heavy atom. The number of benzene rings is 2. The number of guanidine groups is 1. The van der Waals surface area contributed by atoms with Gasteiger partial charge >= 0.3 is 0 Å². The van der Waals surface area contributed by atoms with E-state index in [9.17, 15) is 4.79 Å². The maximum atomic E-state index is 12.6. The summed E-state index contributed by atoms with van der Waals surface area (Å²) in [4.78, 5) is 21.2. The van der Waals surface area contributed by atoms with Gasteiger partial charge in [-0.15, -0.1) is 0 Å². The second kappa shape index (κ2) is 9.80. The number of hydrogen-bond acceptors (Lipinski definition) is 3. The summed E-state index contributed by atoms with van der Waals surface area (Å²) in [5.74, 6) is 0.174. The third kappa shape index (κ3) is 5.76. The van der Waals surface area contributed by atoms with E-state index in [1.807, 2.05) is 36.4 Å². The Labute approximate surface area is 173 Å². The summed E-state index contributed by atoms with van der Waals surface area (Å²) >= 11 is 3.38. The number of aryl methyl sites for hydroxylation is 1. The molecule has 3 aromatic rings. The smallest absolute Gasteiger partial charge is 0.257 e. The van der Waals surface area contributed by atoms with E-state index in [-0.39, 0.29) is 5.91 Å². The average Bonchev–Trinajstić information content (AvgIpc) is 2.73. The van der Waals surface area contributed by atoms with Crippen LogP contribution in [0.2, 0.25) is 0 Å². The first kappa shape index (κ1) is 19.8. The molecule has 0 bridgehead atoms. The molecule has 28 heavy (non-hydrogen) atoms. The quantitative estimate of drug-likeness (QED) is 0.445. The highest BCUT2D eigenvalue weighted by Gasteiger charge is 2.09. The van der Waals surface area contributed by atoms with E-state index < -0.39 is 0 Å². The zero-order chi connectivity index (χ0) is 19.8. The van der Waals surface area contributed by atoms with Crippen LogP contribution in [0.3, 0.4) is 0 Å². The monoisotopic (exact) mass is 436 g/mol. The molecular formula is C22H21BrN4O. The molecule has 0 aliphatic heterocycles. The molecule has 2 aromatic carbocycles. The zero-order valence-corrected chi connectivity index (χ0v) is 17.1. The normalized spacial score (nSPS) is 11.1. The minimum Gasteiger partial charge on any atom is -0.326 e. The van der Waals surface area contributed by atoms with E-state index >= 15 is 0 Å². The predicted molar refractivity (Wildman–Crippen MR) is 116 cm³/mol. The van der Waals surface area contributed by atoms with Crippen molar-refractivity contribution in [1.82, 2.24) is 10.3 Å². The van der Waals surface area contributed by atoms with Crippen molar-refractivity contribution in [2.24, 2.45) is 4.99 Å². The molecule has 0 fully saturated rings. The standard InChI is InChI=1S/C22H21BrN4O/c1-2-16-3-9-20(10-4-16)26-22(25-15-17-11-13-24-14-12-17)27-21(28)18-5-7-19(23)8-6-18/h3-14H,2,15H2,1H3,(H2,25,26,27,28). The van der Waals surface area contributed by atoms with E-state index in [1.54, 1.807) is 24.5 Å². The van der Waals surface area contributed by atoms with Gasteiger partial charge in [0.1, 0.15) is 0 Å². The number of halogens is 1. The summed E-state index contributed by atoms with van der Waals surface area (Å²) in [6, 6.07) is 19.0. The molecule has 0 atom stereocenters. The molecule has 0 aliphatic rings. The molecule has 0 saturated carbocycles. The van der Waals surface area contributed by atoms with E-state index in [0.717, 1.165) is 22.1 Å². The lowest BCUT2D eigenvalue weighted by Crippen LogP contribution is -2.36. The minimum atomic E-state index is -0.223. The van der Waals surface area contributed by atoms with Gasteiger partial charge < -0.3 is 5.32 Å². The lowest BCUT2D eigenvalue weighted by atomic mass is 10.1. The van der Waals surface area contributed by atoms with Gasteiger partial charge in [0, 0.05) is 28.1 Å². The molecule has 0 aliphatic carbocycles. The number of carbonyl (C=O) groups is 1. The number of nitrogens with zero attached hydrogens (tertiary/aromatic N) is 2. The Bertz CT molecular complexity index is 939. The number of hydrogen-bond donors (Lipinski definition) is 2. The number of nitrogens with one attached hydrogen (secondary N) is 2. The van der Waals surface area contributed by atoms with Crippen molar-refractivity contribution in [1.29, 1.82) is 0 Å². The molecule has 0 unspecified atom stereocenters. The molecule has 3 rings (SSSR count). The average molecular weight is 437 g/mol. The van der Waals surface area contributed by atoms with Crippen LogP contribution in [0.1, 0.15) is 28.4 Å². The highest BCUT2D eigenvalue weighted by molar-refractivity contribution is 9.10. The molecule has 1 heterocycles. The van der Waals surface area contributed by atoms with Crippen LogP contribution in [0.4, 0.5) is 5.69 Å². The largest absolute Gasteiger partial charge is 0.326 e. The summed E-state index contributed by atoms with van der Waals surface area (Å²) in [5, 5.41) is 6.07. The van der Waals surface area contributed by atoms with E-state index in [0.29, 0.717) is 18.1 Å². The maximum absolute atomic E-state index is 12.6. The van der Waals surface area contributed by atoms with Crippen LogP contribution >= 0.6 is 15.9 Å². The Balaban J connectivity index is 1.78. The van der Waals surface area contributed by atoms with Crippen molar-refractivity contribution in [3.05, 3.63) is 94.2 Å². The van der Waals surface area contributed by atoms with Crippen LogP contribution < -0.4 is 10.6 Å². The number of aliphatic imine (C=N–C) groups is 1. The first-order chi connectivity index (χ1) is 13.6. The Morgan fingerprint density at radius 3 is 2.29 bits per heavy atom. The van der Waals surface area contributed by atoms with Crippen LogP contribution in [0.25, 0.3) is 0 Å². The zero-order valence-electron chi connectivity index (χ0n) is 15.5. The summed E-state index contributed by atoms with van der Waals surface area (Å²) in [6.45, 7) is 2.54. The van der Waals surface area contributed by atoms with Crippen molar-refractivity contribution in [3.63, 3.8) is 0 Å². The predicted octanol–water partition coefficient (Wildman–Crippen LogP) is 4.80. The molecule has 0 spiro atoms. The van der Waals surface area contributed by atoms with E-state index in [1.165, 1.54) is 5.56 Å². The summed E-state index contributed by atoms with van der Waals surface area (Å²) in [6.07, 6.45) is 4.42. The number of amides is 1. The van der Waals surface area contributed by atoms with Gasteiger partial charge in [-0.2, -0.15) is 0 Å². The Morgan fingerprint density at radius 1 is 0.964 bits per heavy atom. The van der Waals surface area contributed by atoms with Gasteiger partial charge in [-0.05, 0) is 66.1 Å². The first-order valence-electron chi connectivity index (χ1n) is 9.00. The molecule has 1 aromatic heterocycles. The fourth-order valence-corrected chi connectivity index (χ4v) is 2.77. The second-order valence-electron chi connectivity index (χ2n) is 6.16. The van der Waals surface area contributed by atoms with Crippen molar-refractivity contribution >= 4 is 33.5 Å². The van der Waals surface area contributed by atoms with Crippen LogP contribution in [-0.2, 0) is 13.0 Å². The second-order valence-corrected chi connectivity index (χ2v) is 7.07. The summed E-state index contributed by atoms with van der Waals surface area (Å²) < 4.78 is 0.921. The van der Waals surface area contributed by atoms with Crippen LogP contribution in [0.15, 0.2) is 82.5 Å². The molecule has 1 amide bonds. The molecule has 5 nitrogen and oxygen atoms in total. The van der Waals surface area contributed by atoms with Crippen molar-refractivity contribution < 1.29 is 4.79 Å². The number of pyridine rings is 1. The van der Waals surface area contributed by atoms with E-state index in [4.69, 9.17) is 0 Å². The van der Waals surface area contributed by atoms with Gasteiger partial charge in [0.2, 0.25) is 5.96 Å². The highest BCUT2D eigenvalue weighted by atomic mass is 79.9. The van der Waals surface area contributed by atoms with Gasteiger partial charge in [0.15, 0.2) is 0 Å². The molecule has 6 heteroatoms. The van der Waals surface area contributed by atoms with Crippen LogP contribution in [0, 0.1) is 0 Å². The first-order valence-corrected chi connectivity index (χ1v) is 9.79. The van der Waals surface area contributed by atoms with Crippen LogP contribution in [0.5, 0.6) is 0 Å². The van der Waals surface area contributed by atoms with Crippen molar-refractivity contribution in [2.45, 2.75) is 19.9 Å². The molecule has 0 radical (unpaired) electrons. The summed E-state index contributed by atoms with van der Waals surface area (Å²) in [7, 11) is 0. The maximum Gasteiger partial charge on any atom is 0.257 e. The van der Waals surface area contributed by atoms with Gasteiger partial charge in [-0.3, -0.25) is 15.1 Å². The number of anilines is 1. The third-order valence-corrected chi connectivity index (χ3v) is 4.66. The highest BCUT2D eigenvalue weighted by Crippen LogP contribution is 2.12. The SMILES string of the molecule is CCc1ccc(NC(=NCc2ccncc2)NC(=O)c2ccc(Br)cc2)cc1. The molecule has 2 N–H and O–H groups in total. The summed E-state index contributed by atoms with van der Waals surface area (Å²) in [5.41, 5.74) is 3.68. The van der Waals surface area contributed by atoms with Crippen LogP contribution in [-0.4, -0.2) is 16.9 Å².